The maximum absolute atomic E-state index is 12.0. The first kappa shape index (κ1) is 25.1. The largest absolute Gasteiger partial charge is 0.507 e. The van der Waals surface area contributed by atoms with Crippen molar-refractivity contribution >= 4 is 29.8 Å². The zero-order chi connectivity index (χ0) is 24.4. The predicted octanol–water partition coefficient (Wildman–Crippen LogP) is 2.87. The number of aromatic hydroxyl groups is 1. The quantitative estimate of drug-likeness (QED) is 0.190. The van der Waals surface area contributed by atoms with Crippen molar-refractivity contribution in [3.8, 4) is 11.5 Å². The highest BCUT2D eigenvalue weighted by Crippen LogP contribution is 2.23. The third-order valence-corrected chi connectivity index (χ3v) is 4.53. The molecule has 0 fully saturated rings. The van der Waals surface area contributed by atoms with E-state index in [1.54, 1.807) is 12.1 Å². The fourth-order valence-electron chi connectivity index (χ4n) is 3.02. The van der Waals surface area contributed by atoms with Crippen molar-refractivity contribution in [2.45, 2.75) is 26.2 Å². The fourth-order valence-corrected chi connectivity index (χ4v) is 3.02. The zero-order valence-corrected chi connectivity index (χ0v) is 17.9. The number of hydrogen-bond acceptors (Lipinski definition) is 7. The smallest absolute Gasteiger partial charge is 0.330 e. The average molecular weight is 456 g/mol. The summed E-state index contributed by atoms with van der Waals surface area (Å²) in [6.07, 6.45) is 2.20. The number of ketones is 1. The molecule has 2 aromatic carbocycles. The third-order valence-electron chi connectivity index (χ3n) is 4.53. The molecule has 3 N–H and O–H groups in total. The van der Waals surface area contributed by atoms with Crippen LogP contribution in [0, 0.1) is 0 Å². The van der Waals surface area contributed by atoms with Gasteiger partial charge < -0.3 is 24.8 Å². The topological polar surface area (TPSA) is 147 Å². The monoisotopic (exact) mass is 456 g/mol. The van der Waals surface area contributed by atoms with Crippen LogP contribution in [0.25, 0.3) is 6.08 Å². The van der Waals surface area contributed by atoms with E-state index in [2.05, 4.69) is 0 Å². The van der Waals surface area contributed by atoms with Gasteiger partial charge in [0, 0.05) is 12.5 Å². The van der Waals surface area contributed by atoms with Gasteiger partial charge in [-0.05, 0) is 47.9 Å². The summed E-state index contributed by atoms with van der Waals surface area (Å²) in [5, 5.41) is 27.8. The second kappa shape index (κ2) is 12.0. The first-order valence-electron chi connectivity index (χ1n) is 10.0. The lowest BCUT2D eigenvalue weighted by molar-refractivity contribution is -0.138. The van der Waals surface area contributed by atoms with Gasteiger partial charge in [-0.15, -0.1) is 0 Å². The number of phenols is 1. The lowest BCUT2D eigenvalue weighted by Gasteiger charge is -2.10. The van der Waals surface area contributed by atoms with Crippen LogP contribution >= 0.6 is 0 Å². The van der Waals surface area contributed by atoms with E-state index in [1.807, 2.05) is 0 Å². The summed E-state index contributed by atoms with van der Waals surface area (Å²) in [6, 6.07) is 9.03. The summed E-state index contributed by atoms with van der Waals surface area (Å²) in [4.78, 5) is 45.6. The van der Waals surface area contributed by atoms with Gasteiger partial charge in [0.2, 0.25) is 0 Å². The summed E-state index contributed by atoms with van der Waals surface area (Å²) in [6.45, 7) is 1.60. The standard InChI is InChI=1S/C24H24O9/c1-15(25)19-13-18(7-8-21(19)26)32-10-3-11-33-24(31)9-6-16-4-2-5-17(12-22(27)28)20(16)14-23(29)30/h2,4-9,13,26H,3,10-12,14H2,1H3,(H,27,28)(H,29,30). The molecule has 0 aromatic heterocycles. The number of Topliss-reactive ketones (excluding diaryl/α,β-unsaturated/α-hetero) is 1. The maximum atomic E-state index is 12.0. The molecule has 0 aliphatic carbocycles. The number of benzene rings is 2. The fraction of sp³-hybridized carbons (Fsp3) is 0.250. The van der Waals surface area contributed by atoms with Crippen LogP contribution in [0.3, 0.4) is 0 Å². The highest BCUT2D eigenvalue weighted by Gasteiger charge is 2.13. The van der Waals surface area contributed by atoms with Crippen LogP contribution in [-0.4, -0.2) is 52.2 Å². The summed E-state index contributed by atoms with van der Waals surface area (Å²) in [7, 11) is 0. The minimum absolute atomic E-state index is 0.0574. The normalized spacial score (nSPS) is 10.7. The minimum atomic E-state index is -1.12. The van der Waals surface area contributed by atoms with Crippen LogP contribution in [0.15, 0.2) is 42.5 Å². The van der Waals surface area contributed by atoms with Crippen molar-refractivity contribution in [1.29, 1.82) is 0 Å². The number of carboxylic acids is 2. The van der Waals surface area contributed by atoms with Crippen LogP contribution in [0.2, 0.25) is 0 Å². The summed E-state index contributed by atoms with van der Waals surface area (Å²) >= 11 is 0. The van der Waals surface area contributed by atoms with Crippen molar-refractivity contribution < 1.29 is 44.0 Å². The van der Waals surface area contributed by atoms with Crippen LogP contribution in [0.4, 0.5) is 0 Å². The van der Waals surface area contributed by atoms with E-state index in [-0.39, 0.29) is 43.2 Å². The Kier molecular flexibility index (Phi) is 9.17. The summed E-state index contributed by atoms with van der Waals surface area (Å²) in [5.74, 6) is -2.88. The van der Waals surface area contributed by atoms with Crippen molar-refractivity contribution in [2.24, 2.45) is 0 Å². The predicted molar refractivity (Wildman–Crippen MR) is 117 cm³/mol. The molecule has 9 nitrogen and oxygen atoms in total. The van der Waals surface area contributed by atoms with Gasteiger partial charge in [-0.2, -0.15) is 0 Å². The number of carbonyl (C=O) groups is 4. The van der Waals surface area contributed by atoms with Crippen molar-refractivity contribution in [3.05, 3.63) is 64.7 Å². The second-order valence-corrected chi connectivity index (χ2v) is 7.06. The number of hydrogen-bond donors (Lipinski definition) is 3. The van der Waals surface area contributed by atoms with Crippen molar-refractivity contribution in [1.82, 2.24) is 0 Å². The van der Waals surface area contributed by atoms with E-state index < -0.39 is 17.9 Å². The summed E-state index contributed by atoms with van der Waals surface area (Å²) < 4.78 is 10.6. The third kappa shape index (κ3) is 8.13. The zero-order valence-electron chi connectivity index (χ0n) is 17.9. The number of ether oxygens (including phenoxy) is 2. The van der Waals surface area contributed by atoms with E-state index in [0.29, 0.717) is 28.9 Å². The van der Waals surface area contributed by atoms with Gasteiger partial charge >= 0.3 is 17.9 Å². The molecule has 0 bridgehead atoms. The number of carboxylic acid groups (broad SMARTS) is 2. The first-order valence-corrected chi connectivity index (χ1v) is 10.0. The molecule has 0 aliphatic rings. The molecule has 2 aromatic rings. The molecule has 174 valence electrons. The highest BCUT2D eigenvalue weighted by molar-refractivity contribution is 5.97. The molecule has 0 spiro atoms. The van der Waals surface area contributed by atoms with Crippen LogP contribution in [-0.2, 0) is 32.0 Å². The van der Waals surface area contributed by atoms with E-state index in [4.69, 9.17) is 19.7 Å². The van der Waals surface area contributed by atoms with Crippen LogP contribution < -0.4 is 4.74 Å². The summed E-state index contributed by atoms with van der Waals surface area (Å²) in [5.41, 5.74) is 1.26. The number of carbonyl (C=O) groups excluding carboxylic acids is 2. The Morgan fingerprint density at radius 1 is 0.970 bits per heavy atom. The van der Waals surface area contributed by atoms with Gasteiger partial charge in [-0.3, -0.25) is 14.4 Å². The molecule has 0 unspecified atom stereocenters. The molecule has 2 rings (SSSR count). The van der Waals surface area contributed by atoms with Crippen molar-refractivity contribution in [3.63, 3.8) is 0 Å². The number of phenolic OH excluding ortho intramolecular Hbond substituents is 1. The van der Waals surface area contributed by atoms with Gasteiger partial charge in [0.05, 0.1) is 31.6 Å². The molecule has 33 heavy (non-hydrogen) atoms. The molecule has 0 heterocycles. The average Bonchev–Trinajstić information content (AvgIpc) is 2.74. The van der Waals surface area contributed by atoms with Crippen LogP contribution in [0.5, 0.6) is 11.5 Å². The molecule has 0 atom stereocenters. The Bertz CT molecular complexity index is 1070. The second-order valence-electron chi connectivity index (χ2n) is 7.06. The Morgan fingerprint density at radius 2 is 1.70 bits per heavy atom. The molecule has 0 amide bonds. The molecular formula is C24H24O9. The van der Waals surface area contributed by atoms with E-state index in [1.165, 1.54) is 37.3 Å². The highest BCUT2D eigenvalue weighted by atomic mass is 16.5. The van der Waals surface area contributed by atoms with E-state index >= 15 is 0 Å². The molecule has 0 aliphatic heterocycles. The van der Waals surface area contributed by atoms with E-state index in [0.717, 1.165) is 6.08 Å². The van der Waals surface area contributed by atoms with Crippen molar-refractivity contribution in [2.75, 3.05) is 13.2 Å². The Labute approximate surface area is 189 Å². The lowest BCUT2D eigenvalue weighted by Crippen LogP contribution is -2.10. The number of aliphatic carboxylic acids is 2. The number of rotatable bonds is 12. The molecule has 9 heteroatoms. The molecular weight excluding hydrogens is 432 g/mol. The molecule has 0 saturated heterocycles. The minimum Gasteiger partial charge on any atom is -0.507 e. The van der Waals surface area contributed by atoms with Gasteiger partial charge in [-0.1, -0.05) is 18.2 Å². The lowest BCUT2D eigenvalue weighted by atomic mass is 9.96. The molecule has 0 radical (unpaired) electrons. The van der Waals surface area contributed by atoms with Crippen LogP contribution in [0.1, 0.15) is 40.4 Å². The van der Waals surface area contributed by atoms with E-state index in [9.17, 15) is 24.3 Å². The Morgan fingerprint density at radius 3 is 2.36 bits per heavy atom. The SMILES string of the molecule is CC(=O)c1cc(OCCCOC(=O)C=Cc2cccc(CC(=O)O)c2CC(=O)O)ccc1O. The van der Waals surface area contributed by atoms with Gasteiger partial charge in [0.15, 0.2) is 5.78 Å². The van der Waals surface area contributed by atoms with Gasteiger partial charge in [-0.25, -0.2) is 4.79 Å². The molecule has 0 saturated carbocycles. The Balaban J connectivity index is 1.89. The first-order chi connectivity index (χ1) is 15.7. The number of esters is 1. The van der Waals surface area contributed by atoms with Gasteiger partial charge in [0.1, 0.15) is 11.5 Å². The maximum Gasteiger partial charge on any atom is 0.330 e. The Hall–Kier alpha value is -4.14. The van der Waals surface area contributed by atoms with Gasteiger partial charge in [0.25, 0.3) is 0 Å².